The molecule has 0 atom stereocenters. The average molecular weight is 378 g/mol. The van der Waals surface area contributed by atoms with E-state index in [1.807, 2.05) is 18.2 Å². The zero-order chi connectivity index (χ0) is 19.5. The van der Waals surface area contributed by atoms with Gasteiger partial charge in [0.15, 0.2) is 0 Å². The van der Waals surface area contributed by atoms with Crippen LogP contribution in [-0.4, -0.2) is 41.8 Å². The van der Waals surface area contributed by atoms with Crippen LogP contribution in [0.4, 0.5) is 15.8 Å². The molecule has 1 saturated heterocycles. The second-order valence-electron chi connectivity index (χ2n) is 6.62. The minimum atomic E-state index is -0.369. The summed E-state index contributed by atoms with van der Waals surface area (Å²) in [6.45, 7) is 3.29. The molecule has 1 aliphatic heterocycles. The molecule has 0 spiro atoms. The van der Waals surface area contributed by atoms with Crippen LogP contribution in [0.25, 0.3) is 10.8 Å². The van der Waals surface area contributed by atoms with Crippen LogP contribution >= 0.6 is 0 Å². The normalized spacial score (nSPS) is 15.0. The number of piperazine rings is 1. The number of hydrogen-bond donors (Lipinski definition) is 1. The number of fused-ring (bicyclic) bond motifs is 1. The predicted molar refractivity (Wildman–Crippen MR) is 108 cm³/mol. The first kappa shape index (κ1) is 18.1. The molecular formula is C21H19FN4O2. The fourth-order valence-electron chi connectivity index (χ4n) is 3.40. The number of aliphatic imine (C=N–C) groups is 1. The van der Waals surface area contributed by atoms with Crippen molar-refractivity contribution in [2.45, 2.75) is 0 Å². The summed E-state index contributed by atoms with van der Waals surface area (Å²) < 4.78 is 13.3. The third-order valence-electron chi connectivity index (χ3n) is 4.79. The lowest BCUT2D eigenvalue weighted by atomic mass is 10.0. The minimum Gasteiger partial charge on any atom is -0.354 e. The van der Waals surface area contributed by atoms with E-state index in [0.29, 0.717) is 11.1 Å². The van der Waals surface area contributed by atoms with Crippen molar-refractivity contribution in [3.05, 3.63) is 82.2 Å². The van der Waals surface area contributed by atoms with Gasteiger partial charge in [0.05, 0.1) is 16.0 Å². The fraction of sp³-hybridized carbons (Fsp3) is 0.190. The van der Waals surface area contributed by atoms with Gasteiger partial charge in [0.25, 0.3) is 5.69 Å². The van der Waals surface area contributed by atoms with E-state index in [1.54, 1.807) is 24.3 Å². The second kappa shape index (κ2) is 7.74. The van der Waals surface area contributed by atoms with Crippen molar-refractivity contribution in [3.8, 4) is 0 Å². The molecule has 1 fully saturated rings. The number of benzene rings is 3. The van der Waals surface area contributed by atoms with Gasteiger partial charge in [0.1, 0.15) is 11.7 Å². The number of halogens is 1. The van der Waals surface area contributed by atoms with Crippen molar-refractivity contribution in [1.82, 2.24) is 10.2 Å². The Balaban J connectivity index is 1.81. The van der Waals surface area contributed by atoms with Crippen molar-refractivity contribution in [3.63, 3.8) is 0 Å². The van der Waals surface area contributed by atoms with E-state index in [1.165, 1.54) is 18.2 Å². The second-order valence-corrected chi connectivity index (χ2v) is 6.62. The van der Waals surface area contributed by atoms with E-state index in [9.17, 15) is 14.5 Å². The lowest BCUT2D eigenvalue weighted by molar-refractivity contribution is -0.383. The van der Waals surface area contributed by atoms with E-state index in [4.69, 9.17) is 4.99 Å². The standard InChI is InChI=1S/C21H19FN4O2/c22-17-5-7-18(8-6-17)24-21(25-12-10-23-11-13-25)16-4-9-19-15(14-16)2-1-3-20(19)26(27)28/h1-9,14,23H,10-13H2. The number of nitro groups is 1. The Kier molecular flexibility index (Phi) is 4.99. The third kappa shape index (κ3) is 3.70. The fourth-order valence-corrected chi connectivity index (χ4v) is 3.40. The van der Waals surface area contributed by atoms with Gasteiger partial charge in [-0.05, 0) is 41.8 Å². The molecule has 4 rings (SSSR count). The van der Waals surface area contributed by atoms with E-state index in [0.717, 1.165) is 43.0 Å². The molecule has 0 amide bonds. The Morgan fingerprint density at radius 3 is 2.54 bits per heavy atom. The van der Waals surface area contributed by atoms with Crippen molar-refractivity contribution in [1.29, 1.82) is 0 Å². The highest BCUT2D eigenvalue weighted by atomic mass is 19.1. The number of non-ortho nitro benzene ring substituents is 1. The third-order valence-corrected chi connectivity index (χ3v) is 4.79. The summed E-state index contributed by atoms with van der Waals surface area (Å²) in [4.78, 5) is 17.9. The first-order valence-electron chi connectivity index (χ1n) is 9.09. The largest absolute Gasteiger partial charge is 0.354 e. The van der Waals surface area contributed by atoms with E-state index < -0.39 is 0 Å². The van der Waals surface area contributed by atoms with Gasteiger partial charge in [-0.2, -0.15) is 0 Å². The maximum Gasteiger partial charge on any atom is 0.277 e. The molecule has 0 bridgehead atoms. The van der Waals surface area contributed by atoms with Crippen LogP contribution in [0.3, 0.4) is 0 Å². The minimum absolute atomic E-state index is 0.0863. The van der Waals surface area contributed by atoms with Gasteiger partial charge in [-0.15, -0.1) is 0 Å². The number of rotatable bonds is 3. The first-order valence-corrected chi connectivity index (χ1v) is 9.09. The number of nitrogens with one attached hydrogen (secondary N) is 1. The predicted octanol–water partition coefficient (Wildman–Crippen LogP) is 3.87. The lowest BCUT2D eigenvalue weighted by Crippen LogP contribution is -2.46. The molecule has 28 heavy (non-hydrogen) atoms. The summed E-state index contributed by atoms with van der Waals surface area (Å²) >= 11 is 0. The number of nitrogens with zero attached hydrogens (tertiary/aromatic N) is 3. The molecule has 0 aliphatic carbocycles. The quantitative estimate of drug-likeness (QED) is 0.325. The van der Waals surface area contributed by atoms with Gasteiger partial charge in [0, 0.05) is 37.8 Å². The lowest BCUT2D eigenvalue weighted by Gasteiger charge is -2.30. The van der Waals surface area contributed by atoms with Crippen LogP contribution < -0.4 is 5.32 Å². The summed E-state index contributed by atoms with van der Waals surface area (Å²) in [7, 11) is 0. The van der Waals surface area contributed by atoms with E-state index in [-0.39, 0.29) is 16.4 Å². The van der Waals surface area contributed by atoms with Gasteiger partial charge in [0.2, 0.25) is 0 Å². The summed E-state index contributed by atoms with van der Waals surface area (Å²) in [5.74, 6) is 0.474. The molecule has 3 aromatic rings. The monoisotopic (exact) mass is 378 g/mol. The summed E-state index contributed by atoms with van der Waals surface area (Å²) in [6, 6.07) is 16.7. The molecule has 6 nitrogen and oxygen atoms in total. The van der Waals surface area contributed by atoms with Crippen LogP contribution in [0.5, 0.6) is 0 Å². The van der Waals surface area contributed by atoms with Gasteiger partial charge in [-0.25, -0.2) is 9.38 Å². The Morgan fingerprint density at radius 1 is 1.07 bits per heavy atom. The Hall–Kier alpha value is -3.32. The van der Waals surface area contributed by atoms with Crippen molar-refractivity contribution < 1.29 is 9.31 Å². The van der Waals surface area contributed by atoms with Gasteiger partial charge in [-0.3, -0.25) is 10.1 Å². The molecule has 0 saturated carbocycles. The highest BCUT2D eigenvalue weighted by Gasteiger charge is 2.18. The molecule has 1 N–H and O–H groups in total. The Morgan fingerprint density at radius 2 is 1.82 bits per heavy atom. The van der Waals surface area contributed by atoms with Crippen LogP contribution in [0.15, 0.2) is 65.7 Å². The van der Waals surface area contributed by atoms with Crippen molar-refractivity contribution >= 4 is 28.0 Å². The van der Waals surface area contributed by atoms with Crippen LogP contribution in [0.1, 0.15) is 5.56 Å². The number of nitro benzene ring substituents is 1. The smallest absolute Gasteiger partial charge is 0.277 e. The maximum absolute atomic E-state index is 13.3. The van der Waals surface area contributed by atoms with Gasteiger partial charge in [-0.1, -0.05) is 18.2 Å². The summed E-state index contributed by atoms with van der Waals surface area (Å²) in [5.41, 5.74) is 1.62. The molecule has 1 aliphatic rings. The Labute approximate surface area is 161 Å². The summed E-state index contributed by atoms with van der Waals surface area (Å²) in [6.07, 6.45) is 0. The maximum atomic E-state index is 13.3. The van der Waals surface area contributed by atoms with Crippen LogP contribution in [-0.2, 0) is 0 Å². The SMILES string of the molecule is O=[N+]([O-])c1cccc2cc(C(=Nc3ccc(F)cc3)N3CCNCC3)ccc12. The molecule has 1 heterocycles. The van der Waals surface area contributed by atoms with Gasteiger partial charge < -0.3 is 10.2 Å². The zero-order valence-corrected chi connectivity index (χ0v) is 15.1. The topological polar surface area (TPSA) is 70.8 Å². The first-order chi connectivity index (χ1) is 13.6. The van der Waals surface area contributed by atoms with Crippen LogP contribution in [0.2, 0.25) is 0 Å². The molecule has 7 heteroatoms. The number of amidine groups is 1. The van der Waals surface area contributed by atoms with Crippen molar-refractivity contribution in [2.75, 3.05) is 26.2 Å². The molecule has 3 aromatic carbocycles. The van der Waals surface area contributed by atoms with Crippen molar-refractivity contribution in [2.24, 2.45) is 4.99 Å². The number of hydrogen-bond acceptors (Lipinski definition) is 4. The zero-order valence-electron chi connectivity index (χ0n) is 15.1. The van der Waals surface area contributed by atoms with Crippen LogP contribution in [0, 0.1) is 15.9 Å². The highest BCUT2D eigenvalue weighted by molar-refractivity contribution is 6.04. The molecule has 0 unspecified atom stereocenters. The molecule has 0 radical (unpaired) electrons. The molecule has 142 valence electrons. The Bertz CT molecular complexity index is 1040. The van der Waals surface area contributed by atoms with E-state index >= 15 is 0 Å². The van der Waals surface area contributed by atoms with Gasteiger partial charge >= 0.3 is 0 Å². The molecular weight excluding hydrogens is 359 g/mol. The highest BCUT2D eigenvalue weighted by Crippen LogP contribution is 2.27. The molecule has 0 aromatic heterocycles. The average Bonchev–Trinajstić information content (AvgIpc) is 2.73. The summed E-state index contributed by atoms with van der Waals surface area (Å²) in [5, 5.41) is 16.0. The van der Waals surface area contributed by atoms with E-state index in [2.05, 4.69) is 10.2 Å².